The third kappa shape index (κ3) is 3.75. The van der Waals surface area contributed by atoms with E-state index >= 15 is 0 Å². The summed E-state index contributed by atoms with van der Waals surface area (Å²) in [5, 5.41) is 5.11. The summed E-state index contributed by atoms with van der Waals surface area (Å²) in [6.45, 7) is 0.175. The molecule has 0 aliphatic carbocycles. The fourth-order valence-corrected chi connectivity index (χ4v) is 3.54. The summed E-state index contributed by atoms with van der Waals surface area (Å²) < 4.78 is 31.0. The zero-order chi connectivity index (χ0) is 20.5. The average Bonchev–Trinajstić information content (AvgIpc) is 3.19. The van der Waals surface area contributed by atoms with Gasteiger partial charge in [0.05, 0.1) is 16.9 Å². The second-order valence-electron chi connectivity index (χ2n) is 6.83. The van der Waals surface area contributed by atoms with E-state index in [4.69, 9.17) is 4.74 Å². The first-order valence-electron chi connectivity index (χ1n) is 9.06. The second kappa shape index (κ2) is 7.50. The number of amides is 2. The minimum atomic E-state index is -1.10. The Bertz CT molecular complexity index is 1010. The van der Waals surface area contributed by atoms with Crippen molar-refractivity contribution in [2.45, 2.75) is 18.9 Å². The lowest BCUT2D eigenvalue weighted by Crippen LogP contribution is -2.43. The van der Waals surface area contributed by atoms with Gasteiger partial charge in [-0.1, -0.05) is 0 Å². The minimum absolute atomic E-state index is 0.0432. The van der Waals surface area contributed by atoms with Crippen LogP contribution in [-0.2, 0) is 14.3 Å². The molecular formula is C20H17F2N3O4. The van der Waals surface area contributed by atoms with Crippen molar-refractivity contribution in [3.8, 4) is 0 Å². The molecule has 2 N–H and O–H groups in total. The molecule has 29 heavy (non-hydrogen) atoms. The molecule has 0 unspecified atom stereocenters. The van der Waals surface area contributed by atoms with Crippen LogP contribution in [0.25, 0.3) is 0 Å². The van der Waals surface area contributed by atoms with Crippen LogP contribution in [0.5, 0.6) is 0 Å². The standard InChI is InChI=1S/C20H17F2N3O4/c21-13-5-4-12(9-14(13)22)23-18(26)10-29-20(28)11-3-6-16-15(8-11)24-19(27)17-2-1-7-25(16)17/h3-6,8-9,17H,1-2,7,10H2,(H,23,26)(H,24,27)/t17-/m0/s1. The smallest absolute Gasteiger partial charge is 0.338 e. The zero-order valence-corrected chi connectivity index (χ0v) is 15.2. The molecule has 0 aromatic heterocycles. The largest absolute Gasteiger partial charge is 0.452 e. The Balaban J connectivity index is 1.39. The molecule has 7 nitrogen and oxygen atoms in total. The van der Waals surface area contributed by atoms with Crippen molar-refractivity contribution in [2.24, 2.45) is 0 Å². The predicted octanol–water partition coefficient (Wildman–Crippen LogP) is 2.68. The highest BCUT2D eigenvalue weighted by atomic mass is 19.2. The first-order valence-corrected chi connectivity index (χ1v) is 9.06. The molecule has 150 valence electrons. The first kappa shape index (κ1) is 18.9. The van der Waals surface area contributed by atoms with Crippen molar-refractivity contribution < 1.29 is 27.9 Å². The lowest BCUT2D eigenvalue weighted by molar-refractivity contribution is -0.119. The number of hydrogen-bond acceptors (Lipinski definition) is 5. The summed E-state index contributed by atoms with van der Waals surface area (Å²) in [6, 6.07) is 7.54. The lowest BCUT2D eigenvalue weighted by atomic mass is 10.1. The number of halogens is 2. The number of carbonyl (C=O) groups excluding carboxylic acids is 3. The van der Waals surface area contributed by atoms with Crippen LogP contribution in [0.2, 0.25) is 0 Å². The number of nitrogens with zero attached hydrogens (tertiary/aromatic N) is 1. The average molecular weight is 401 g/mol. The van der Waals surface area contributed by atoms with E-state index in [1.807, 2.05) is 4.90 Å². The molecule has 2 amide bonds. The van der Waals surface area contributed by atoms with Gasteiger partial charge in [-0.25, -0.2) is 13.6 Å². The molecule has 2 aromatic carbocycles. The lowest BCUT2D eigenvalue weighted by Gasteiger charge is -2.33. The Morgan fingerprint density at radius 2 is 2.00 bits per heavy atom. The van der Waals surface area contributed by atoms with Crippen LogP contribution in [-0.4, -0.2) is 37.0 Å². The SMILES string of the molecule is O=C(COC(=O)c1ccc2c(c1)NC(=O)[C@@H]1CCCN21)Nc1ccc(F)c(F)c1. The number of benzene rings is 2. The van der Waals surface area contributed by atoms with Crippen LogP contribution in [0.1, 0.15) is 23.2 Å². The quantitative estimate of drug-likeness (QED) is 0.770. The van der Waals surface area contributed by atoms with E-state index in [0.717, 1.165) is 37.2 Å². The van der Waals surface area contributed by atoms with Gasteiger partial charge in [0.1, 0.15) is 6.04 Å². The predicted molar refractivity (Wildman–Crippen MR) is 101 cm³/mol. The van der Waals surface area contributed by atoms with Gasteiger partial charge in [-0.2, -0.15) is 0 Å². The maximum Gasteiger partial charge on any atom is 0.338 e. The van der Waals surface area contributed by atoms with Gasteiger partial charge in [0.2, 0.25) is 5.91 Å². The molecule has 2 aliphatic rings. The highest BCUT2D eigenvalue weighted by molar-refractivity contribution is 6.05. The van der Waals surface area contributed by atoms with E-state index in [1.54, 1.807) is 12.1 Å². The van der Waals surface area contributed by atoms with Crippen molar-refractivity contribution in [2.75, 3.05) is 28.7 Å². The third-order valence-corrected chi connectivity index (χ3v) is 4.89. The molecule has 2 aromatic rings. The number of rotatable bonds is 4. The van der Waals surface area contributed by atoms with Crippen molar-refractivity contribution in [3.63, 3.8) is 0 Å². The maximum atomic E-state index is 13.2. The Hall–Kier alpha value is -3.49. The van der Waals surface area contributed by atoms with Crippen molar-refractivity contribution in [1.29, 1.82) is 0 Å². The van der Waals surface area contributed by atoms with E-state index in [2.05, 4.69) is 10.6 Å². The number of hydrogen-bond donors (Lipinski definition) is 2. The van der Waals surface area contributed by atoms with Gasteiger partial charge in [-0.3, -0.25) is 9.59 Å². The molecule has 0 spiro atoms. The van der Waals surface area contributed by atoms with Crippen LogP contribution in [0.4, 0.5) is 25.8 Å². The Morgan fingerprint density at radius 3 is 2.79 bits per heavy atom. The van der Waals surface area contributed by atoms with Crippen LogP contribution in [0.15, 0.2) is 36.4 Å². The Labute approximate surface area is 164 Å². The van der Waals surface area contributed by atoms with Crippen LogP contribution >= 0.6 is 0 Å². The molecule has 1 fully saturated rings. The van der Waals surface area contributed by atoms with Gasteiger partial charge < -0.3 is 20.3 Å². The zero-order valence-electron chi connectivity index (χ0n) is 15.2. The number of esters is 1. The van der Waals surface area contributed by atoms with Crippen molar-refractivity contribution in [1.82, 2.24) is 0 Å². The molecule has 1 saturated heterocycles. The normalized spacial score (nSPS) is 17.2. The summed E-state index contributed by atoms with van der Waals surface area (Å²) in [7, 11) is 0. The number of ether oxygens (including phenoxy) is 1. The maximum absolute atomic E-state index is 13.2. The van der Waals surface area contributed by atoms with E-state index in [1.165, 1.54) is 12.1 Å². The molecule has 0 saturated carbocycles. The van der Waals surface area contributed by atoms with Gasteiger partial charge in [0.15, 0.2) is 18.2 Å². The number of nitrogens with one attached hydrogen (secondary N) is 2. The minimum Gasteiger partial charge on any atom is -0.452 e. The molecule has 4 rings (SSSR count). The summed E-state index contributed by atoms with van der Waals surface area (Å²) >= 11 is 0. The highest BCUT2D eigenvalue weighted by Crippen LogP contribution is 2.37. The molecule has 0 radical (unpaired) electrons. The summed E-state index contributed by atoms with van der Waals surface area (Å²) in [6.07, 6.45) is 1.72. The fourth-order valence-electron chi connectivity index (χ4n) is 3.54. The van der Waals surface area contributed by atoms with Crippen LogP contribution in [0.3, 0.4) is 0 Å². The third-order valence-electron chi connectivity index (χ3n) is 4.89. The van der Waals surface area contributed by atoms with Crippen LogP contribution < -0.4 is 15.5 Å². The van der Waals surface area contributed by atoms with Gasteiger partial charge in [-0.15, -0.1) is 0 Å². The second-order valence-corrected chi connectivity index (χ2v) is 6.83. The molecule has 9 heteroatoms. The summed E-state index contributed by atoms with van der Waals surface area (Å²) in [5.74, 6) is -3.68. The monoisotopic (exact) mass is 401 g/mol. The van der Waals surface area contributed by atoms with Gasteiger partial charge in [0.25, 0.3) is 5.91 Å². The molecule has 2 aliphatic heterocycles. The number of fused-ring (bicyclic) bond motifs is 3. The molecule has 0 bridgehead atoms. The number of carbonyl (C=O) groups is 3. The van der Waals surface area contributed by atoms with Crippen LogP contribution in [0, 0.1) is 11.6 Å². The summed E-state index contributed by atoms with van der Waals surface area (Å²) in [5.41, 5.74) is 1.59. The highest BCUT2D eigenvalue weighted by Gasteiger charge is 2.36. The van der Waals surface area contributed by atoms with E-state index < -0.39 is 30.1 Å². The first-order chi connectivity index (χ1) is 13.9. The van der Waals surface area contributed by atoms with Gasteiger partial charge in [0, 0.05) is 18.3 Å². The van der Waals surface area contributed by atoms with E-state index in [0.29, 0.717) is 5.69 Å². The number of anilines is 3. The summed E-state index contributed by atoms with van der Waals surface area (Å²) in [4.78, 5) is 38.3. The van der Waals surface area contributed by atoms with Gasteiger partial charge in [-0.05, 0) is 43.2 Å². The van der Waals surface area contributed by atoms with Crippen molar-refractivity contribution >= 4 is 34.8 Å². The van der Waals surface area contributed by atoms with Crippen molar-refractivity contribution in [3.05, 3.63) is 53.6 Å². The van der Waals surface area contributed by atoms with Gasteiger partial charge >= 0.3 is 5.97 Å². The van der Waals surface area contributed by atoms with E-state index in [9.17, 15) is 23.2 Å². The fraction of sp³-hybridized carbons (Fsp3) is 0.250. The molecule has 1 atom stereocenters. The topological polar surface area (TPSA) is 87.7 Å². The Morgan fingerprint density at radius 1 is 1.17 bits per heavy atom. The Kier molecular flexibility index (Phi) is 4.87. The molecule has 2 heterocycles. The van der Waals surface area contributed by atoms with E-state index in [-0.39, 0.29) is 23.2 Å². The molecular weight excluding hydrogens is 384 g/mol.